The zero-order chi connectivity index (χ0) is 13.2. The van der Waals surface area contributed by atoms with Gasteiger partial charge >= 0.3 is 0 Å². The highest BCUT2D eigenvalue weighted by molar-refractivity contribution is 5.22. The van der Waals surface area contributed by atoms with Crippen LogP contribution in [0.2, 0.25) is 0 Å². The topological polar surface area (TPSA) is 18.5 Å². The van der Waals surface area contributed by atoms with Crippen LogP contribution in [0.15, 0.2) is 23.8 Å². The smallest absolute Gasteiger partial charge is 0.261 e. The van der Waals surface area contributed by atoms with Crippen LogP contribution in [0.25, 0.3) is 0 Å². The molecule has 0 bridgehead atoms. The number of rotatable bonds is 9. The lowest BCUT2D eigenvalue weighted by atomic mass is 10.1. The molecule has 0 aliphatic heterocycles. The maximum atomic E-state index is 11.8. The molecule has 0 radical (unpaired) electrons. The molecule has 1 atom stereocenters. The fourth-order valence-electron chi connectivity index (χ4n) is 1.69. The Kier molecular flexibility index (Phi) is 7.85. The molecule has 0 aromatic carbocycles. The summed E-state index contributed by atoms with van der Waals surface area (Å²) in [6.45, 7) is 3.22. The van der Waals surface area contributed by atoms with Gasteiger partial charge in [0.25, 0.3) is 6.43 Å². The molecule has 0 aromatic rings. The molecule has 0 amide bonds. The van der Waals surface area contributed by atoms with E-state index in [1.807, 2.05) is 6.92 Å². The summed E-state index contributed by atoms with van der Waals surface area (Å²) in [6.07, 6.45) is 7.02. The largest absolute Gasteiger partial charge is 0.377 e. The number of alkyl halides is 2. The average Bonchev–Trinajstić information content (AvgIpc) is 2.36. The molecule has 18 heavy (non-hydrogen) atoms. The van der Waals surface area contributed by atoms with Gasteiger partial charge in [0.15, 0.2) is 0 Å². The van der Waals surface area contributed by atoms with Gasteiger partial charge < -0.3 is 9.47 Å². The molecule has 0 spiro atoms. The minimum atomic E-state index is -2.37. The quantitative estimate of drug-likeness (QED) is 0.590. The second kappa shape index (κ2) is 9.22. The van der Waals surface area contributed by atoms with Crippen LogP contribution in [0.3, 0.4) is 0 Å². The first-order valence-electron chi connectivity index (χ1n) is 6.47. The lowest BCUT2D eigenvalue weighted by Crippen LogP contribution is -2.12. The number of hydrogen-bond donors (Lipinski definition) is 0. The van der Waals surface area contributed by atoms with Crippen molar-refractivity contribution >= 4 is 0 Å². The van der Waals surface area contributed by atoms with Crippen molar-refractivity contribution in [3.8, 4) is 0 Å². The van der Waals surface area contributed by atoms with Crippen LogP contribution in [0.1, 0.15) is 26.2 Å². The van der Waals surface area contributed by atoms with Crippen LogP contribution < -0.4 is 0 Å². The summed E-state index contributed by atoms with van der Waals surface area (Å²) in [7, 11) is 0. The van der Waals surface area contributed by atoms with Crippen LogP contribution in [-0.2, 0) is 9.47 Å². The molecule has 1 aliphatic carbocycles. The van der Waals surface area contributed by atoms with E-state index in [-0.39, 0.29) is 0 Å². The van der Waals surface area contributed by atoms with Crippen molar-refractivity contribution in [2.75, 3.05) is 26.4 Å². The Balaban J connectivity index is 1.98. The van der Waals surface area contributed by atoms with E-state index in [1.54, 1.807) is 0 Å². The second-order valence-corrected chi connectivity index (χ2v) is 4.63. The van der Waals surface area contributed by atoms with E-state index in [0.29, 0.717) is 25.7 Å². The van der Waals surface area contributed by atoms with Crippen molar-refractivity contribution in [2.24, 2.45) is 5.92 Å². The van der Waals surface area contributed by atoms with Crippen LogP contribution >= 0.6 is 0 Å². The Labute approximate surface area is 108 Å². The molecule has 0 N–H and O–H groups in total. The molecule has 0 saturated carbocycles. The third-order valence-corrected chi connectivity index (χ3v) is 2.74. The highest BCUT2D eigenvalue weighted by atomic mass is 19.3. The zero-order valence-corrected chi connectivity index (χ0v) is 10.9. The van der Waals surface area contributed by atoms with Gasteiger partial charge in [-0.05, 0) is 30.8 Å². The van der Waals surface area contributed by atoms with E-state index in [0.717, 1.165) is 19.3 Å². The number of allylic oxidation sites excluding steroid dienone is 2. The monoisotopic (exact) mass is 260 g/mol. The number of ether oxygens (including phenoxy) is 2. The fraction of sp³-hybridized carbons (Fsp3) is 0.714. The van der Waals surface area contributed by atoms with Crippen LogP contribution in [0, 0.1) is 5.92 Å². The Morgan fingerprint density at radius 2 is 2.06 bits per heavy atom. The van der Waals surface area contributed by atoms with Crippen molar-refractivity contribution in [1.29, 1.82) is 0 Å². The summed E-state index contributed by atoms with van der Waals surface area (Å²) in [5.41, 5.74) is 1.22. The minimum Gasteiger partial charge on any atom is -0.377 e. The molecule has 104 valence electrons. The van der Waals surface area contributed by atoms with Crippen LogP contribution in [-0.4, -0.2) is 32.9 Å². The summed E-state index contributed by atoms with van der Waals surface area (Å²) in [4.78, 5) is 0. The Morgan fingerprint density at radius 3 is 2.72 bits per heavy atom. The Bertz CT molecular complexity index is 275. The molecule has 0 heterocycles. The molecule has 0 fully saturated rings. The predicted molar refractivity (Wildman–Crippen MR) is 67.9 cm³/mol. The fourth-order valence-corrected chi connectivity index (χ4v) is 1.69. The van der Waals surface area contributed by atoms with Crippen LogP contribution in [0.5, 0.6) is 0 Å². The predicted octanol–water partition coefficient (Wildman–Crippen LogP) is 3.59. The van der Waals surface area contributed by atoms with Crippen LogP contribution in [0.4, 0.5) is 8.78 Å². The van der Waals surface area contributed by atoms with Gasteiger partial charge in [0.05, 0.1) is 6.61 Å². The van der Waals surface area contributed by atoms with Gasteiger partial charge in [-0.15, -0.1) is 0 Å². The van der Waals surface area contributed by atoms with Crippen molar-refractivity contribution in [3.05, 3.63) is 23.8 Å². The number of halogens is 2. The lowest BCUT2D eigenvalue weighted by molar-refractivity contribution is 0.00928. The molecule has 1 aliphatic rings. The van der Waals surface area contributed by atoms with Gasteiger partial charge in [-0.1, -0.05) is 25.2 Å². The molecular weight excluding hydrogens is 238 g/mol. The lowest BCUT2D eigenvalue weighted by Gasteiger charge is -2.13. The highest BCUT2D eigenvalue weighted by Gasteiger charge is 2.06. The molecule has 0 aromatic heterocycles. The summed E-state index contributed by atoms with van der Waals surface area (Å²) in [6, 6.07) is 0. The van der Waals surface area contributed by atoms with E-state index in [9.17, 15) is 8.78 Å². The maximum absolute atomic E-state index is 11.8. The average molecular weight is 260 g/mol. The van der Waals surface area contributed by atoms with Gasteiger partial charge in [0.2, 0.25) is 0 Å². The van der Waals surface area contributed by atoms with Gasteiger partial charge in [-0.3, -0.25) is 0 Å². The van der Waals surface area contributed by atoms with E-state index in [1.165, 1.54) is 5.57 Å². The molecule has 0 saturated heterocycles. The second-order valence-electron chi connectivity index (χ2n) is 4.63. The van der Waals surface area contributed by atoms with Crippen molar-refractivity contribution in [3.63, 3.8) is 0 Å². The molecule has 1 unspecified atom stereocenters. The number of hydrogen-bond acceptors (Lipinski definition) is 2. The molecular formula is C14H22F2O2. The summed E-state index contributed by atoms with van der Waals surface area (Å²) in [5.74, 6) is 0.329. The first-order valence-corrected chi connectivity index (χ1v) is 6.47. The summed E-state index contributed by atoms with van der Waals surface area (Å²) < 4.78 is 34.0. The highest BCUT2D eigenvalue weighted by Crippen LogP contribution is 2.11. The van der Waals surface area contributed by atoms with E-state index in [4.69, 9.17) is 9.47 Å². The van der Waals surface area contributed by atoms with Gasteiger partial charge in [-0.2, -0.15) is 0 Å². The Morgan fingerprint density at radius 1 is 1.22 bits per heavy atom. The third-order valence-electron chi connectivity index (χ3n) is 2.74. The standard InChI is InChI=1S/C14H22F2O2/c1-12(7-8-17-11-14(15)16)9-18-10-13-5-3-2-4-6-13/h3,5-6,12,14H,2,4,7-11H2,1H3. The first kappa shape index (κ1) is 15.3. The summed E-state index contributed by atoms with van der Waals surface area (Å²) >= 11 is 0. The molecule has 1 rings (SSSR count). The van der Waals surface area contributed by atoms with E-state index >= 15 is 0 Å². The van der Waals surface area contributed by atoms with E-state index < -0.39 is 13.0 Å². The van der Waals surface area contributed by atoms with Gasteiger partial charge in [0, 0.05) is 13.2 Å². The minimum absolute atomic E-state index is 0.329. The molecule has 4 heteroatoms. The maximum Gasteiger partial charge on any atom is 0.261 e. The SMILES string of the molecule is CC(CCOCC(F)F)COCC1=CCCC=C1. The van der Waals surface area contributed by atoms with Gasteiger partial charge in [0.1, 0.15) is 6.61 Å². The molecule has 2 nitrogen and oxygen atoms in total. The first-order chi connectivity index (χ1) is 8.68. The van der Waals surface area contributed by atoms with Crippen molar-refractivity contribution in [1.82, 2.24) is 0 Å². The van der Waals surface area contributed by atoms with Crippen molar-refractivity contribution in [2.45, 2.75) is 32.6 Å². The normalized spacial score (nSPS) is 17.0. The van der Waals surface area contributed by atoms with E-state index in [2.05, 4.69) is 18.2 Å². The Hall–Kier alpha value is -0.740. The van der Waals surface area contributed by atoms with Crippen molar-refractivity contribution < 1.29 is 18.3 Å². The van der Waals surface area contributed by atoms with Gasteiger partial charge in [-0.25, -0.2) is 8.78 Å². The zero-order valence-electron chi connectivity index (χ0n) is 10.9. The third kappa shape index (κ3) is 7.56. The summed E-state index contributed by atoms with van der Waals surface area (Å²) in [5, 5.41) is 0.